The maximum atomic E-state index is 12.6. The molecule has 1 amide bonds. The third-order valence-electron chi connectivity index (χ3n) is 4.81. The predicted octanol–water partition coefficient (Wildman–Crippen LogP) is 2.56. The Bertz CT molecular complexity index is 517. The summed E-state index contributed by atoms with van der Waals surface area (Å²) in [5.74, 6) is -1.66. The summed E-state index contributed by atoms with van der Waals surface area (Å²) < 4.78 is 0. The van der Waals surface area contributed by atoms with Crippen LogP contribution in [0.1, 0.15) is 40.5 Å². The standard InChI is InChI=1S/C17H24N2O2/c1-11(2)9-13-14(17(13,3)4)15(20)12(10-18)16(21)19-7-5-6-8-19/h9,12-14H,5-8H2,1-4H3/t12-,13+,14+/m0/s1. The smallest absolute Gasteiger partial charge is 0.247 e. The third-order valence-corrected chi connectivity index (χ3v) is 4.81. The molecule has 0 spiro atoms. The lowest BCUT2D eigenvalue weighted by Crippen LogP contribution is -2.38. The molecular weight excluding hydrogens is 264 g/mol. The van der Waals surface area contributed by atoms with Crippen LogP contribution in [0.3, 0.4) is 0 Å². The molecular formula is C17H24N2O2. The Morgan fingerprint density at radius 3 is 2.33 bits per heavy atom. The van der Waals surface area contributed by atoms with E-state index in [-0.39, 0.29) is 28.9 Å². The average Bonchev–Trinajstić information content (AvgIpc) is 2.82. The van der Waals surface area contributed by atoms with Gasteiger partial charge < -0.3 is 4.90 Å². The summed E-state index contributed by atoms with van der Waals surface area (Å²) in [6.45, 7) is 9.44. The number of nitriles is 1. The van der Waals surface area contributed by atoms with Gasteiger partial charge in [0, 0.05) is 19.0 Å². The summed E-state index contributed by atoms with van der Waals surface area (Å²) in [6, 6.07) is 1.95. The van der Waals surface area contributed by atoms with Crippen LogP contribution in [-0.2, 0) is 9.59 Å². The van der Waals surface area contributed by atoms with Gasteiger partial charge in [-0.05, 0) is 38.0 Å². The SMILES string of the molecule is CC(C)=C[C@@H]1[C@H](C(=O)[C@H](C#N)C(=O)N2CCCC2)C1(C)C. The maximum Gasteiger partial charge on any atom is 0.247 e. The normalized spacial score (nSPS) is 27.7. The summed E-state index contributed by atoms with van der Waals surface area (Å²) >= 11 is 0. The molecule has 0 N–H and O–H groups in total. The summed E-state index contributed by atoms with van der Waals surface area (Å²) in [7, 11) is 0. The molecule has 2 aliphatic rings. The van der Waals surface area contributed by atoms with Crippen molar-refractivity contribution in [2.24, 2.45) is 23.2 Å². The summed E-state index contributed by atoms with van der Waals surface area (Å²) in [4.78, 5) is 26.7. The number of carbonyl (C=O) groups excluding carboxylic acids is 2. The topological polar surface area (TPSA) is 61.2 Å². The van der Waals surface area contributed by atoms with Gasteiger partial charge in [0.15, 0.2) is 11.7 Å². The van der Waals surface area contributed by atoms with Gasteiger partial charge in [0.05, 0.1) is 6.07 Å². The predicted molar refractivity (Wildman–Crippen MR) is 80.1 cm³/mol. The van der Waals surface area contributed by atoms with E-state index in [0.29, 0.717) is 13.1 Å². The number of rotatable bonds is 4. The second-order valence-corrected chi connectivity index (χ2v) is 7.07. The van der Waals surface area contributed by atoms with Gasteiger partial charge >= 0.3 is 0 Å². The highest BCUT2D eigenvalue weighted by atomic mass is 16.2. The van der Waals surface area contributed by atoms with E-state index in [1.165, 1.54) is 5.57 Å². The van der Waals surface area contributed by atoms with Crippen molar-refractivity contribution in [2.75, 3.05) is 13.1 Å². The van der Waals surface area contributed by atoms with Gasteiger partial charge in [-0.15, -0.1) is 0 Å². The molecule has 4 nitrogen and oxygen atoms in total. The van der Waals surface area contributed by atoms with Gasteiger partial charge in [-0.25, -0.2) is 0 Å². The van der Waals surface area contributed by atoms with E-state index in [1.54, 1.807) is 4.90 Å². The van der Waals surface area contributed by atoms with Gasteiger partial charge in [0.25, 0.3) is 0 Å². The van der Waals surface area contributed by atoms with E-state index in [9.17, 15) is 14.9 Å². The number of amides is 1. The quantitative estimate of drug-likeness (QED) is 0.590. The number of hydrogen-bond donors (Lipinski definition) is 0. The van der Waals surface area contributed by atoms with Crippen molar-refractivity contribution in [1.29, 1.82) is 5.26 Å². The summed E-state index contributed by atoms with van der Waals surface area (Å²) in [5, 5.41) is 9.31. The van der Waals surface area contributed by atoms with Gasteiger partial charge in [-0.3, -0.25) is 9.59 Å². The minimum atomic E-state index is -1.12. The van der Waals surface area contributed by atoms with Crippen LogP contribution < -0.4 is 0 Å². The number of allylic oxidation sites excluding steroid dienone is 2. The van der Waals surface area contributed by atoms with Gasteiger partial charge in [-0.2, -0.15) is 5.26 Å². The molecule has 0 unspecified atom stereocenters. The van der Waals surface area contributed by atoms with Gasteiger partial charge in [0.2, 0.25) is 5.91 Å². The molecule has 3 atom stereocenters. The van der Waals surface area contributed by atoms with E-state index in [4.69, 9.17) is 0 Å². The number of likely N-dealkylation sites (tertiary alicyclic amines) is 1. The first kappa shape index (κ1) is 15.8. The first-order valence-electron chi connectivity index (χ1n) is 7.68. The second kappa shape index (κ2) is 5.63. The van der Waals surface area contributed by atoms with Crippen LogP contribution >= 0.6 is 0 Å². The molecule has 0 radical (unpaired) electrons. The lowest BCUT2D eigenvalue weighted by atomic mass is 9.96. The minimum Gasteiger partial charge on any atom is -0.341 e. The molecule has 0 bridgehead atoms. The Balaban J connectivity index is 2.13. The Morgan fingerprint density at radius 1 is 1.29 bits per heavy atom. The van der Waals surface area contributed by atoms with Crippen LogP contribution in [-0.4, -0.2) is 29.7 Å². The van der Waals surface area contributed by atoms with Crippen LogP contribution in [0.4, 0.5) is 0 Å². The van der Waals surface area contributed by atoms with Crippen molar-refractivity contribution in [1.82, 2.24) is 4.90 Å². The molecule has 1 saturated carbocycles. The molecule has 1 saturated heterocycles. The zero-order valence-corrected chi connectivity index (χ0v) is 13.3. The first-order chi connectivity index (χ1) is 9.80. The molecule has 0 aromatic rings. The molecule has 1 aliphatic carbocycles. The highest BCUT2D eigenvalue weighted by Crippen LogP contribution is 2.60. The number of nitrogens with zero attached hydrogens (tertiary/aromatic N) is 2. The van der Waals surface area contributed by atoms with Crippen molar-refractivity contribution < 1.29 is 9.59 Å². The lowest BCUT2D eigenvalue weighted by molar-refractivity contribution is -0.138. The van der Waals surface area contributed by atoms with Crippen LogP contribution in [0.25, 0.3) is 0 Å². The highest BCUT2D eigenvalue weighted by molar-refractivity contribution is 6.06. The van der Waals surface area contributed by atoms with E-state index < -0.39 is 5.92 Å². The molecule has 0 aromatic carbocycles. The Kier molecular flexibility index (Phi) is 4.22. The van der Waals surface area contributed by atoms with Crippen molar-refractivity contribution in [3.63, 3.8) is 0 Å². The Labute approximate surface area is 126 Å². The van der Waals surface area contributed by atoms with Crippen LogP contribution in [0, 0.1) is 34.5 Å². The van der Waals surface area contributed by atoms with Crippen molar-refractivity contribution in [3.8, 4) is 6.07 Å². The zero-order chi connectivity index (χ0) is 15.8. The molecule has 2 fully saturated rings. The van der Waals surface area contributed by atoms with E-state index in [0.717, 1.165) is 12.8 Å². The monoisotopic (exact) mass is 288 g/mol. The van der Waals surface area contributed by atoms with E-state index in [2.05, 4.69) is 6.08 Å². The molecule has 1 heterocycles. The largest absolute Gasteiger partial charge is 0.341 e. The van der Waals surface area contributed by atoms with Crippen LogP contribution in [0.5, 0.6) is 0 Å². The van der Waals surface area contributed by atoms with Crippen LogP contribution in [0.2, 0.25) is 0 Å². The molecule has 4 heteroatoms. The molecule has 2 rings (SSSR count). The van der Waals surface area contributed by atoms with Crippen molar-refractivity contribution in [2.45, 2.75) is 40.5 Å². The molecule has 1 aliphatic heterocycles. The lowest BCUT2D eigenvalue weighted by Gasteiger charge is -2.18. The number of ketones is 1. The maximum absolute atomic E-state index is 12.6. The van der Waals surface area contributed by atoms with Crippen LogP contribution in [0.15, 0.2) is 11.6 Å². The van der Waals surface area contributed by atoms with Crippen molar-refractivity contribution >= 4 is 11.7 Å². The average molecular weight is 288 g/mol. The third kappa shape index (κ3) is 2.88. The summed E-state index contributed by atoms with van der Waals surface area (Å²) in [6.07, 6.45) is 4.03. The Hall–Kier alpha value is -1.63. The fraction of sp³-hybridized carbons (Fsp3) is 0.706. The fourth-order valence-electron chi connectivity index (χ4n) is 3.43. The number of hydrogen-bond acceptors (Lipinski definition) is 3. The number of Topliss-reactive ketones (excluding diaryl/α,β-unsaturated/α-hetero) is 1. The summed E-state index contributed by atoms with van der Waals surface area (Å²) in [5.41, 5.74) is 1.03. The fourth-order valence-corrected chi connectivity index (χ4v) is 3.43. The minimum absolute atomic E-state index is 0.144. The molecule has 0 aromatic heterocycles. The first-order valence-corrected chi connectivity index (χ1v) is 7.68. The van der Waals surface area contributed by atoms with Gasteiger partial charge in [-0.1, -0.05) is 25.5 Å². The van der Waals surface area contributed by atoms with Crippen molar-refractivity contribution in [3.05, 3.63) is 11.6 Å². The van der Waals surface area contributed by atoms with E-state index in [1.807, 2.05) is 33.8 Å². The zero-order valence-electron chi connectivity index (χ0n) is 13.3. The van der Waals surface area contributed by atoms with E-state index >= 15 is 0 Å². The second-order valence-electron chi connectivity index (χ2n) is 7.07. The highest BCUT2D eigenvalue weighted by Gasteiger charge is 2.62. The Morgan fingerprint density at radius 2 is 1.86 bits per heavy atom. The molecule has 21 heavy (non-hydrogen) atoms. The van der Waals surface area contributed by atoms with Gasteiger partial charge in [0.1, 0.15) is 0 Å². The number of carbonyl (C=O) groups is 2. The molecule has 114 valence electrons.